The smallest absolute Gasteiger partial charge is 0.315 e. The largest absolute Gasteiger partial charge is 0.333 e. The van der Waals surface area contributed by atoms with Crippen molar-refractivity contribution < 1.29 is 4.79 Å². The Hall–Kier alpha value is -1.82. The van der Waals surface area contributed by atoms with Gasteiger partial charge in [-0.3, -0.25) is 5.10 Å². The van der Waals surface area contributed by atoms with Gasteiger partial charge in [-0.2, -0.15) is 5.10 Å². The molecular formula is C15H20N4OS. The van der Waals surface area contributed by atoms with Gasteiger partial charge in [0.2, 0.25) is 0 Å². The van der Waals surface area contributed by atoms with E-state index in [0.717, 1.165) is 5.69 Å². The minimum atomic E-state index is -0.116. The molecule has 1 aliphatic rings. The lowest BCUT2D eigenvalue weighted by molar-refractivity contribution is 0.231. The summed E-state index contributed by atoms with van der Waals surface area (Å²) in [5.41, 5.74) is 0.902. The molecule has 0 aromatic carbocycles. The molecule has 2 heterocycles. The number of hydrogen-bond acceptors (Lipinski definition) is 3. The molecule has 0 aliphatic heterocycles. The number of carbonyl (C=O) groups is 1. The van der Waals surface area contributed by atoms with Gasteiger partial charge in [0.05, 0.1) is 18.3 Å². The third kappa shape index (κ3) is 3.64. The molecule has 2 amide bonds. The minimum Gasteiger partial charge on any atom is -0.333 e. The SMILES string of the molecule is O=C(NCc1ccn[nH]1)NC(c1cccs1)C1CCCC1. The maximum atomic E-state index is 12.1. The monoisotopic (exact) mass is 304 g/mol. The lowest BCUT2D eigenvalue weighted by Crippen LogP contribution is -2.39. The molecule has 1 saturated carbocycles. The number of thiophene rings is 1. The number of amides is 2. The molecule has 1 aliphatic carbocycles. The van der Waals surface area contributed by atoms with Crippen LogP contribution in [0.25, 0.3) is 0 Å². The molecular weight excluding hydrogens is 284 g/mol. The third-order valence-electron chi connectivity index (χ3n) is 4.01. The number of rotatable bonds is 5. The number of carbonyl (C=O) groups excluding carboxylic acids is 1. The second-order valence-corrected chi connectivity index (χ2v) is 6.43. The van der Waals surface area contributed by atoms with E-state index in [1.54, 1.807) is 17.5 Å². The predicted octanol–water partition coefficient (Wildman–Crippen LogP) is 3.20. The van der Waals surface area contributed by atoms with E-state index >= 15 is 0 Å². The molecule has 2 aromatic rings. The maximum absolute atomic E-state index is 12.1. The highest BCUT2D eigenvalue weighted by molar-refractivity contribution is 7.10. The van der Waals surface area contributed by atoms with Crippen molar-refractivity contribution in [1.29, 1.82) is 0 Å². The van der Waals surface area contributed by atoms with Gasteiger partial charge < -0.3 is 10.6 Å². The van der Waals surface area contributed by atoms with Crippen molar-refractivity contribution in [2.75, 3.05) is 0 Å². The molecule has 112 valence electrons. The van der Waals surface area contributed by atoms with Gasteiger partial charge in [-0.15, -0.1) is 11.3 Å². The Morgan fingerprint density at radius 2 is 2.29 bits per heavy atom. The summed E-state index contributed by atoms with van der Waals surface area (Å²) in [6.07, 6.45) is 6.61. The lowest BCUT2D eigenvalue weighted by Gasteiger charge is -2.23. The van der Waals surface area contributed by atoms with Gasteiger partial charge in [-0.1, -0.05) is 18.9 Å². The minimum absolute atomic E-state index is 0.116. The molecule has 1 unspecified atom stereocenters. The number of nitrogens with one attached hydrogen (secondary N) is 3. The number of aromatic nitrogens is 2. The van der Waals surface area contributed by atoms with E-state index in [-0.39, 0.29) is 12.1 Å². The van der Waals surface area contributed by atoms with E-state index in [2.05, 4.69) is 32.3 Å². The van der Waals surface area contributed by atoms with Crippen LogP contribution in [0.4, 0.5) is 4.79 Å². The molecule has 2 aromatic heterocycles. The summed E-state index contributed by atoms with van der Waals surface area (Å²) in [6.45, 7) is 0.466. The van der Waals surface area contributed by atoms with Crippen LogP contribution in [-0.2, 0) is 6.54 Å². The molecule has 0 saturated heterocycles. The number of urea groups is 1. The molecule has 1 fully saturated rings. The normalized spacial score (nSPS) is 16.8. The van der Waals surface area contributed by atoms with Gasteiger partial charge in [0.15, 0.2) is 0 Å². The van der Waals surface area contributed by atoms with Gasteiger partial charge in [0, 0.05) is 11.1 Å². The van der Waals surface area contributed by atoms with E-state index in [1.165, 1.54) is 30.6 Å². The fourth-order valence-corrected chi connectivity index (χ4v) is 3.80. The topological polar surface area (TPSA) is 69.8 Å². The summed E-state index contributed by atoms with van der Waals surface area (Å²) in [6, 6.07) is 6.03. The van der Waals surface area contributed by atoms with Crippen molar-refractivity contribution in [2.24, 2.45) is 5.92 Å². The van der Waals surface area contributed by atoms with Crippen LogP contribution in [0.5, 0.6) is 0 Å². The lowest BCUT2D eigenvalue weighted by atomic mass is 9.97. The van der Waals surface area contributed by atoms with Gasteiger partial charge >= 0.3 is 6.03 Å². The molecule has 21 heavy (non-hydrogen) atoms. The van der Waals surface area contributed by atoms with Crippen molar-refractivity contribution in [2.45, 2.75) is 38.3 Å². The van der Waals surface area contributed by atoms with E-state index in [9.17, 15) is 4.79 Å². The Balaban J connectivity index is 1.59. The highest BCUT2D eigenvalue weighted by Gasteiger charge is 2.28. The van der Waals surface area contributed by atoms with Crippen LogP contribution in [-0.4, -0.2) is 16.2 Å². The quantitative estimate of drug-likeness (QED) is 0.794. The standard InChI is InChI=1S/C15H20N4OS/c20-15(16-10-12-7-8-17-19-12)18-14(11-4-1-2-5-11)13-6-3-9-21-13/h3,6-9,11,14H,1-2,4-5,10H2,(H,17,19)(H2,16,18,20). The summed E-state index contributed by atoms with van der Waals surface area (Å²) < 4.78 is 0. The van der Waals surface area contributed by atoms with Gasteiger partial charge in [-0.25, -0.2) is 4.79 Å². The van der Waals surface area contributed by atoms with Crippen LogP contribution in [0, 0.1) is 5.92 Å². The third-order valence-corrected chi connectivity index (χ3v) is 4.96. The molecule has 0 bridgehead atoms. The van der Waals surface area contributed by atoms with Crippen LogP contribution < -0.4 is 10.6 Å². The average Bonchev–Trinajstić information content (AvgIpc) is 3.26. The Kier molecular flexibility index (Phi) is 4.55. The van der Waals surface area contributed by atoms with Crippen molar-refractivity contribution in [1.82, 2.24) is 20.8 Å². The number of hydrogen-bond donors (Lipinski definition) is 3. The van der Waals surface area contributed by atoms with Crippen LogP contribution in [0.15, 0.2) is 29.8 Å². The Morgan fingerprint density at radius 1 is 1.43 bits per heavy atom. The van der Waals surface area contributed by atoms with Gasteiger partial charge in [0.25, 0.3) is 0 Å². The molecule has 5 nitrogen and oxygen atoms in total. The zero-order valence-electron chi connectivity index (χ0n) is 11.8. The second kappa shape index (κ2) is 6.76. The summed E-state index contributed by atoms with van der Waals surface area (Å²) in [4.78, 5) is 13.4. The van der Waals surface area contributed by atoms with Crippen molar-refractivity contribution in [3.63, 3.8) is 0 Å². The highest BCUT2D eigenvalue weighted by Crippen LogP contribution is 2.37. The first-order valence-corrected chi connectivity index (χ1v) is 8.27. The van der Waals surface area contributed by atoms with Gasteiger partial charge in [0.1, 0.15) is 0 Å². The van der Waals surface area contributed by atoms with E-state index in [4.69, 9.17) is 0 Å². The fraction of sp³-hybridized carbons (Fsp3) is 0.467. The zero-order chi connectivity index (χ0) is 14.5. The average molecular weight is 304 g/mol. The predicted molar refractivity (Wildman–Crippen MR) is 83.0 cm³/mol. The van der Waals surface area contributed by atoms with Crippen molar-refractivity contribution in [3.05, 3.63) is 40.3 Å². The van der Waals surface area contributed by atoms with Crippen LogP contribution in [0.2, 0.25) is 0 Å². The van der Waals surface area contributed by atoms with E-state index in [1.807, 2.05) is 12.1 Å². The Labute approximate surface area is 128 Å². The first kappa shape index (κ1) is 14.1. The van der Waals surface area contributed by atoms with Crippen LogP contribution in [0.1, 0.15) is 42.3 Å². The first-order chi connectivity index (χ1) is 10.3. The van der Waals surface area contributed by atoms with Crippen molar-refractivity contribution in [3.8, 4) is 0 Å². The summed E-state index contributed by atoms with van der Waals surface area (Å²) in [7, 11) is 0. The van der Waals surface area contributed by atoms with Gasteiger partial charge in [-0.05, 0) is 36.3 Å². The fourth-order valence-electron chi connectivity index (χ4n) is 2.93. The number of nitrogens with zero attached hydrogens (tertiary/aromatic N) is 1. The molecule has 6 heteroatoms. The maximum Gasteiger partial charge on any atom is 0.315 e. The Bertz CT molecular complexity index is 546. The summed E-state index contributed by atoms with van der Waals surface area (Å²) in [5.74, 6) is 0.557. The second-order valence-electron chi connectivity index (χ2n) is 5.45. The first-order valence-electron chi connectivity index (χ1n) is 7.39. The molecule has 3 N–H and O–H groups in total. The summed E-state index contributed by atoms with van der Waals surface area (Å²) in [5, 5.41) is 14.8. The number of aromatic amines is 1. The zero-order valence-corrected chi connectivity index (χ0v) is 12.7. The molecule has 0 radical (unpaired) electrons. The van der Waals surface area contributed by atoms with Crippen LogP contribution in [0.3, 0.4) is 0 Å². The number of H-pyrrole nitrogens is 1. The molecule has 3 rings (SSSR count). The summed E-state index contributed by atoms with van der Waals surface area (Å²) >= 11 is 1.72. The van der Waals surface area contributed by atoms with E-state index in [0.29, 0.717) is 12.5 Å². The molecule has 1 atom stereocenters. The van der Waals surface area contributed by atoms with Crippen LogP contribution >= 0.6 is 11.3 Å². The Morgan fingerprint density at radius 3 is 2.95 bits per heavy atom. The van der Waals surface area contributed by atoms with Crippen molar-refractivity contribution >= 4 is 17.4 Å². The highest BCUT2D eigenvalue weighted by atomic mass is 32.1. The molecule has 0 spiro atoms. The van der Waals surface area contributed by atoms with E-state index < -0.39 is 0 Å².